The minimum atomic E-state index is -0.145. The molecule has 2 N–H and O–H groups in total. The van der Waals surface area contributed by atoms with Gasteiger partial charge in [0.1, 0.15) is 0 Å². The molecule has 2 amide bonds. The third-order valence-electron chi connectivity index (χ3n) is 6.15. The van der Waals surface area contributed by atoms with E-state index in [0.29, 0.717) is 12.1 Å². The summed E-state index contributed by atoms with van der Waals surface area (Å²) in [5, 5.41) is 9.40. The lowest BCUT2D eigenvalue weighted by Gasteiger charge is -2.56. The van der Waals surface area contributed by atoms with Crippen molar-refractivity contribution in [2.24, 2.45) is 22.9 Å². The van der Waals surface area contributed by atoms with Crippen LogP contribution in [0.1, 0.15) is 56.7 Å². The predicted octanol–water partition coefficient (Wildman–Crippen LogP) is 3.26. The fraction of sp³-hybridized carbons (Fsp3) is 0.650. The Labute approximate surface area is 158 Å². The Bertz CT molecular complexity index is 675. The summed E-state index contributed by atoms with van der Waals surface area (Å²) >= 11 is 1.55. The third kappa shape index (κ3) is 4.00. The van der Waals surface area contributed by atoms with E-state index < -0.39 is 0 Å². The molecule has 0 aromatic carbocycles. The summed E-state index contributed by atoms with van der Waals surface area (Å²) in [5.74, 6) is 2.34. The van der Waals surface area contributed by atoms with Gasteiger partial charge in [0.2, 0.25) is 11.8 Å². The highest BCUT2D eigenvalue weighted by Gasteiger charge is 2.51. The van der Waals surface area contributed by atoms with Gasteiger partial charge in [-0.1, -0.05) is 6.07 Å². The van der Waals surface area contributed by atoms with Crippen LogP contribution < -0.4 is 10.7 Å². The first kappa shape index (κ1) is 17.7. The second-order valence-electron chi connectivity index (χ2n) is 8.56. The topological polar surface area (TPSA) is 70.6 Å². The average molecular weight is 374 g/mol. The van der Waals surface area contributed by atoms with Gasteiger partial charge in [-0.3, -0.25) is 9.59 Å². The van der Waals surface area contributed by atoms with E-state index in [-0.39, 0.29) is 23.8 Å². The van der Waals surface area contributed by atoms with Crippen molar-refractivity contribution in [2.75, 3.05) is 0 Å². The van der Waals surface area contributed by atoms with Crippen molar-refractivity contribution >= 4 is 28.9 Å². The van der Waals surface area contributed by atoms with Crippen LogP contribution in [0.4, 0.5) is 0 Å². The smallest absolute Gasteiger partial charge is 0.245 e. The van der Waals surface area contributed by atoms with Gasteiger partial charge >= 0.3 is 0 Å². The van der Waals surface area contributed by atoms with Crippen molar-refractivity contribution in [3.63, 3.8) is 0 Å². The molecule has 5 rings (SSSR count). The standard InChI is InChI=1S/C20H27N3O2S/c1-13(22-23-19(25)9-17-3-2-4-26-17)5-18(24)21-20-10-14-6-15(11-20)8-16(7-14)12-20/h2-4,14-16H,5-12H2,1H3,(H,21,24)(H,23,25). The van der Waals surface area contributed by atoms with Gasteiger partial charge in [-0.15, -0.1) is 11.3 Å². The highest BCUT2D eigenvalue weighted by molar-refractivity contribution is 7.10. The minimum Gasteiger partial charge on any atom is -0.350 e. The molecule has 0 saturated heterocycles. The molecule has 1 aromatic rings. The zero-order valence-corrected chi connectivity index (χ0v) is 16.1. The van der Waals surface area contributed by atoms with Crippen molar-refractivity contribution in [3.8, 4) is 0 Å². The molecule has 4 fully saturated rings. The van der Waals surface area contributed by atoms with Crippen LogP contribution in [0.5, 0.6) is 0 Å². The summed E-state index contributed by atoms with van der Waals surface area (Å²) in [6, 6.07) is 3.86. The highest BCUT2D eigenvalue weighted by Crippen LogP contribution is 2.55. The zero-order valence-electron chi connectivity index (χ0n) is 15.3. The van der Waals surface area contributed by atoms with Gasteiger partial charge in [0.05, 0.1) is 12.8 Å². The number of amides is 2. The Hall–Kier alpha value is -1.69. The fourth-order valence-corrected chi connectivity index (χ4v) is 6.35. The Morgan fingerprint density at radius 1 is 1.15 bits per heavy atom. The molecular weight excluding hydrogens is 346 g/mol. The number of hydrogen-bond acceptors (Lipinski definition) is 4. The molecule has 0 radical (unpaired) electrons. The molecule has 4 saturated carbocycles. The summed E-state index contributed by atoms with van der Waals surface area (Å²) in [6.07, 6.45) is 8.13. The number of hydrazone groups is 1. The summed E-state index contributed by atoms with van der Waals surface area (Å²) in [6.45, 7) is 1.80. The first-order chi connectivity index (χ1) is 12.5. The van der Waals surface area contributed by atoms with Crippen LogP contribution in [0.25, 0.3) is 0 Å². The largest absolute Gasteiger partial charge is 0.350 e. The normalized spacial score (nSPS) is 32.5. The van der Waals surface area contributed by atoms with Crippen LogP contribution in [0.3, 0.4) is 0 Å². The van der Waals surface area contributed by atoms with Crippen LogP contribution in [0, 0.1) is 17.8 Å². The SMILES string of the molecule is CC(CC(=O)NC12CC3CC(CC(C3)C1)C2)=NNC(=O)Cc1cccs1. The molecule has 140 valence electrons. The lowest BCUT2D eigenvalue weighted by molar-refractivity contribution is -0.125. The lowest BCUT2D eigenvalue weighted by Crippen LogP contribution is -2.60. The van der Waals surface area contributed by atoms with Crippen molar-refractivity contribution in [3.05, 3.63) is 22.4 Å². The van der Waals surface area contributed by atoms with Gasteiger partial charge in [-0.2, -0.15) is 5.10 Å². The van der Waals surface area contributed by atoms with Crippen molar-refractivity contribution in [1.82, 2.24) is 10.7 Å². The Morgan fingerprint density at radius 3 is 2.38 bits per heavy atom. The lowest BCUT2D eigenvalue weighted by atomic mass is 9.53. The molecule has 26 heavy (non-hydrogen) atoms. The van der Waals surface area contributed by atoms with Gasteiger partial charge in [-0.25, -0.2) is 5.43 Å². The number of rotatable bonds is 6. The number of thiophene rings is 1. The van der Waals surface area contributed by atoms with E-state index in [9.17, 15) is 9.59 Å². The number of hydrogen-bond donors (Lipinski definition) is 2. The van der Waals surface area contributed by atoms with Crippen LogP contribution in [0.15, 0.2) is 22.6 Å². The first-order valence-electron chi connectivity index (χ1n) is 9.65. The molecular formula is C20H27N3O2S. The molecule has 4 aliphatic carbocycles. The van der Waals surface area contributed by atoms with Crippen LogP contribution in [-0.2, 0) is 16.0 Å². The quantitative estimate of drug-likeness (QED) is 0.593. The molecule has 6 heteroatoms. The van der Waals surface area contributed by atoms with Crippen molar-refractivity contribution < 1.29 is 9.59 Å². The minimum absolute atomic E-state index is 0.0362. The van der Waals surface area contributed by atoms with Crippen molar-refractivity contribution in [1.29, 1.82) is 0 Å². The maximum absolute atomic E-state index is 12.5. The molecule has 5 nitrogen and oxygen atoms in total. The van der Waals surface area contributed by atoms with E-state index in [1.807, 2.05) is 17.5 Å². The fourth-order valence-electron chi connectivity index (χ4n) is 5.64. The molecule has 0 atom stereocenters. The van der Waals surface area contributed by atoms with Gasteiger partial charge < -0.3 is 5.32 Å². The van der Waals surface area contributed by atoms with Gasteiger partial charge in [0, 0.05) is 16.1 Å². The number of nitrogens with zero attached hydrogens (tertiary/aromatic N) is 1. The first-order valence-corrected chi connectivity index (χ1v) is 10.5. The highest BCUT2D eigenvalue weighted by atomic mass is 32.1. The number of carbonyl (C=O) groups is 2. The molecule has 4 aliphatic rings. The van der Waals surface area contributed by atoms with Crippen LogP contribution >= 0.6 is 11.3 Å². The van der Waals surface area contributed by atoms with Gasteiger partial charge in [-0.05, 0) is 74.6 Å². The van der Waals surface area contributed by atoms with Crippen molar-refractivity contribution in [2.45, 2.75) is 63.8 Å². The van der Waals surface area contributed by atoms with Gasteiger partial charge in [0.15, 0.2) is 0 Å². The summed E-state index contributed by atoms with van der Waals surface area (Å²) in [4.78, 5) is 25.4. The Kier molecular flexibility index (Phi) is 4.86. The van der Waals surface area contributed by atoms with E-state index in [4.69, 9.17) is 0 Å². The zero-order chi connectivity index (χ0) is 18.1. The van der Waals surface area contributed by atoms with Gasteiger partial charge in [0.25, 0.3) is 0 Å². The molecule has 4 bridgehead atoms. The van der Waals surface area contributed by atoms with E-state index >= 15 is 0 Å². The third-order valence-corrected chi connectivity index (χ3v) is 7.02. The second kappa shape index (κ2) is 7.14. The van der Waals surface area contributed by atoms with E-state index in [2.05, 4.69) is 15.8 Å². The Balaban J connectivity index is 1.27. The molecule has 0 spiro atoms. The van der Waals surface area contributed by atoms with E-state index in [1.165, 1.54) is 19.3 Å². The Morgan fingerprint density at radius 2 is 1.81 bits per heavy atom. The van der Waals surface area contributed by atoms with Crippen LogP contribution in [-0.4, -0.2) is 23.1 Å². The summed E-state index contributed by atoms with van der Waals surface area (Å²) in [5.41, 5.74) is 3.24. The summed E-state index contributed by atoms with van der Waals surface area (Å²) in [7, 11) is 0. The monoisotopic (exact) mass is 373 g/mol. The van der Waals surface area contributed by atoms with E-state index in [0.717, 1.165) is 41.9 Å². The number of nitrogens with one attached hydrogen (secondary N) is 2. The average Bonchev–Trinajstić information content (AvgIpc) is 3.03. The predicted molar refractivity (Wildman–Crippen MR) is 103 cm³/mol. The second-order valence-corrected chi connectivity index (χ2v) is 9.59. The molecule has 0 unspecified atom stereocenters. The summed E-state index contributed by atoms with van der Waals surface area (Å²) < 4.78 is 0. The van der Waals surface area contributed by atoms with E-state index in [1.54, 1.807) is 18.3 Å². The maximum Gasteiger partial charge on any atom is 0.245 e. The number of carbonyl (C=O) groups excluding carboxylic acids is 2. The molecule has 0 aliphatic heterocycles. The maximum atomic E-state index is 12.5. The molecule has 1 heterocycles. The molecule has 1 aromatic heterocycles. The van der Waals surface area contributed by atoms with Crippen LogP contribution in [0.2, 0.25) is 0 Å².